The van der Waals surface area contributed by atoms with Gasteiger partial charge in [-0.15, -0.1) is 0 Å². The molecule has 1 aromatic rings. The van der Waals surface area contributed by atoms with E-state index in [2.05, 4.69) is 24.0 Å². The third-order valence-electron chi connectivity index (χ3n) is 3.19. The number of rotatable bonds is 4. The highest BCUT2D eigenvalue weighted by Crippen LogP contribution is 2.26. The molecule has 0 aromatic heterocycles. The first kappa shape index (κ1) is 13.5. The van der Waals surface area contributed by atoms with Crippen molar-refractivity contribution in [2.24, 2.45) is 0 Å². The van der Waals surface area contributed by atoms with Crippen molar-refractivity contribution in [3.8, 4) is 0 Å². The smallest absolute Gasteiger partial charge is 0.0453 e. The van der Waals surface area contributed by atoms with Crippen LogP contribution in [-0.2, 0) is 6.42 Å². The van der Waals surface area contributed by atoms with E-state index in [1.165, 1.54) is 17.7 Å². The van der Waals surface area contributed by atoms with Crippen molar-refractivity contribution in [2.75, 3.05) is 12.3 Å². The Morgan fingerprint density at radius 3 is 2.88 bits per heavy atom. The van der Waals surface area contributed by atoms with E-state index in [-0.39, 0.29) is 0 Å². The van der Waals surface area contributed by atoms with Crippen molar-refractivity contribution in [1.82, 2.24) is 5.32 Å². The van der Waals surface area contributed by atoms with Crippen LogP contribution in [0, 0.1) is 0 Å². The highest BCUT2D eigenvalue weighted by atomic mass is 35.5. The molecule has 0 saturated carbocycles. The van der Waals surface area contributed by atoms with Crippen molar-refractivity contribution < 1.29 is 0 Å². The van der Waals surface area contributed by atoms with Gasteiger partial charge in [0.05, 0.1) is 0 Å². The molecule has 1 nitrogen and oxygen atoms in total. The van der Waals surface area contributed by atoms with Crippen molar-refractivity contribution in [1.29, 1.82) is 0 Å². The minimum absolute atomic E-state index is 0.658. The molecule has 0 bridgehead atoms. The maximum absolute atomic E-state index is 6.14. The molecule has 0 amide bonds. The highest BCUT2D eigenvalue weighted by Gasteiger charge is 2.22. The molecule has 1 fully saturated rings. The Balaban J connectivity index is 1.81. The van der Waals surface area contributed by atoms with Crippen LogP contribution in [0.15, 0.2) is 18.2 Å². The van der Waals surface area contributed by atoms with Gasteiger partial charge in [0, 0.05) is 21.3 Å². The van der Waals surface area contributed by atoms with Gasteiger partial charge >= 0.3 is 0 Å². The summed E-state index contributed by atoms with van der Waals surface area (Å²) in [5.41, 5.74) is 1.17. The molecule has 2 atom stereocenters. The molecule has 1 N–H and O–H groups in total. The summed E-state index contributed by atoms with van der Waals surface area (Å²) in [5, 5.41) is 5.81. The predicted molar refractivity (Wildman–Crippen MR) is 78.5 cm³/mol. The van der Waals surface area contributed by atoms with Crippen LogP contribution in [0.25, 0.3) is 0 Å². The van der Waals surface area contributed by atoms with Gasteiger partial charge in [-0.05, 0) is 42.8 Å². The Kier molecular flexibility index (Phi) is 5.04. The molecular weight excluding hydrogens is 273 g/mol. The third kappa shape index (κ3) is 3.78. The van der Waals surface area contributed by atoms with Crippen LogP contribution >= 0.6 is 35.0 Å². The van der Waals surface area contributed by atoms with Gasteiger partial charge < -0.3 is 5.32 Å². The minimum Gasteiger partial charge on any atom is -0.313 e. The van der Waals surface area contributed by atoms with Crippen molar-refractivity contribution in [2.45, 2.75) is 31.1 Å². The van der Waals surface area contributed by atoms with E-state index in [4.69, 9.17) is 23.2 Å². The Bertz CT molecular complexity index is 384. The van der Waals surface area contributed by atoms with Crippen molar-refractivity contribution in [3.05, 3.63) is 33.8 Å². The maximum atomic E-state index is 6.14. The Labute approximate surface area is 117 Å². The second-order valence-corrected chi connectivity index (χ2v) is 6.74. The van der Waals surface area contributed by atoms with E-state index in [0.29, 0.717) is 11.1 Å². The molecule has 1 aliphatic rings. The van der Waals surface area contributed by atoms with Crippen LogP contribution < -0.4 is 5.32 Å². The summed E-state index contributed by atoms with van der Waals surface area (Å²) in [5.74, 6) is 1.28. The minimum atomic E-state index is 0.658. The van der Waals surface area contributed by atoms with Crippen LogP contribution in [0.2, 0.25) is 10.0 Å². The number of halogens is 2. The lowest BCUT2D eigenvalue weighted by Gasteiger charge is -2.16. The molecule has 17 heavy (non-hydrogen) atoms. The summed E-state index contributed by atoms with van der Waals surface area (Å²) < 4.78 is 0. The fraction of sp³-hybridized carbons (Fsp3) is 0.538. The number of nitrogens with one attached hydrogen (secondary N) is 1. The zero-order valence-electron chi connectivity index (χ0n) is 9.88. The number of thioether (sulfide) groups is 1. The summed E-state index contributed by atoms with van der Waals surface area (Å²) in [6.45, 7) is 3.28. The first-order valence-electron chi connectivity index (χ1n) is 5.96. The fourth-order valence-electron chi connectivity index (χ4n) is 2.12. The molecule has 1 heterocycles. The molecule has 0 aliphatic carbocycles. The van der Waals surface area contributed by atoms with Gasteiger partial charge in [0.25, 0.3) is 0 Å². The summed E-state index contributed by atoms with van der Waals surface area (Å²) in [6.07, 6.45) is 2.24. The lowest BCUT2D eigenvalue weighted by atomic mass is 10.1. The third-order valence-corrected chi connectivity index (χ3v) is 5.10. The van der Waals surface area contributed by atoms with E-state index in [0.717, 1.165) is 23.2 Å². The number of hydrogen-bond donors (Lipinski definition) is 1. The molecule has 0 radical (unpaired) electrons. The quantitative estimate of drug-likeness (QED) is 0.899. The number of hydrogen-bond acceptors (Lipinski definition) is 2. The second kappa shape index (κ2) is 6.33. The number of benzene rings is 1. The van der Waals surface area contributed by atoms with Crippen molar-refractivity contribution in [3.63, 3.8) is 0 Å². The zero-order valence-corrected chi connectivity index (χ0v) is 12.2. The van der Waals surface area contributed by atoms with Gasteiger partial charge in [0.1, 0.15) is 0 Å². The molecule has 1 saturated heterocycles. The van der Waals surface area contributed by atoms with Crippen LogP contribution in [0.5, 0.6) is 0 Å². The van der Waals surface area contributed by atoms with Gasteiger partial charge in [-0.2, -0.15) is 11.8 Å². The highest BCUT2D eigenvalue weighted by molar-refractivity contribution is 8.00. The van der Waals surface area contributed by atoms with Crippen LogP contribution in [-0.4, -0.2) is 23.6 Å². The van der Waals surface area contributed by atoms with Gasteiger partial charge in [0.2, 0.25) is 0 Å². The maximum Gasteiger partial charge on any atom is 0.0453 e. The van der Waals surface area contributed by atoms with Crippen molar-refractivity contribution >= 4 is 35.0 Å². The van der Waals surface area contributed by atoms with Gasteiger partial charge in [-0.1, -0.05) is 36.2 Å². The van der Waals surface area contributed by atoms with E-state index < -0.39 is 0 Å². The Morgan fingerprint density at radius 2 is 2.24 bits per heavy atom. The van der Waals surface area contributed by atoms with Crippen LogP contribution in [0.3, 0.4) is 0 Å². The second-order valence-electron chi connectivity index (χ2n) is 4.41. The zero-order chi connectivity index (χ0) is 12.3. The largest absolute Gasteiger partial charge is 0.313 e. The lowest BCUT2D eigenvalue weighted by Crippen LogP contribution is -2.34. The van der Waals surface area contributed by atoms with Gasteiger partial charge in [-0.25, -0.2) is 0 Å². The molecule has 2 rings (SSSR count). The summed E-state index contributed by atoms with van der Waals surface area (Å²) in [4.78, 5) is 0. The Hall–Kier alpha value is 0.110. The lowest BCUT2D eigenvalue weighted by molar-refractivity contribution is 0.516. The molecule has 1 aromatic carbocycles. The van der Waals surface area contributed by atoms with E-state index in [9.17, 15) is 0 Å². The Morgan fingerprint density at radius 1 is 1.41 bits per heavy atom. The normalized spacial score (nSPS) is 24.2. The molecule has 94 valence electrons. The topological polar surface area (TPSA) is 12.0 Å². The van der Waals surface area contributed by atoms with Gasteiger partial charge in [-0.3, -0.25) is 0 Å². The molecule has 2 unspecified atom stereocenters. The summed E-state index contributed by atoms with van der Waals surface area (Å²) >= 11 is 14.1. The molecular formula is C13H17Cl2NS. The first-order valence-corrected chi connectivity index (χ1v) is 7.76. The van der Waals surface area contributed by atoms with E-state index >= 15 is 0 Å². The molecule has 4 heteroatoms. The standard InChI is InChI=1S/C13H17Cl2NS/c1-9-13(5-7-17-9)16-6-4-10-2-3-11(14)8-12(10)15/h2-3,8-9,13,16H,4-7H2,1H3. The molecule has 1 aliphatic heterocycles. The molecule has 0 spiro atoms. The van der Waals surface area contributed by atoms with Gasteiger partial charge in [0.15, 0.2) is 0 Å². The summed E-state index contributed by atoms with van der Waals surface area (Å²) in [7, 11) is 0. The van der Waals surface area contributed by atoms with E-state index in [1.54, 1.807) is 0 Å². The fourth-order valence-corrected chi connectivity index (χ4v) is 3.85. The van der Waals surface area contributed by atoms with E-state index in [1.807, 2.05) is 18.2 Å². The average Bonchev–Trinajstić information content (AvgIpc) is 2.68. The predicted octanol–water partition coefficient (Wildman–Crippen LogP) is 4.02. The average molecular weight is 290 g/mol. The SMILES string of the molecule is CC1SCCC1NCCc1ccc(Cl)cc1Cl. The monoisotopic (exact) mass is 289 g/mol. The first-order chi connectivity index (χ1) is 8.16. The summed E-state index contributed by atoms with van der Waals surface area (Å²) in [6, 6.07) is 6.38. The van der Waals surface area contributed by atoms with Crippen LogP contribution in [0.1, 0.15) is 18.9 Å². The van der Waals surface area contributed by atoms with Crippen LogP contribution in [0.4, 0.5) is 0 Å².